The Labute approximate surface area is 189 Å². The lowest BCUT2D eigenvalue weighted by molar-refractivity contribution is -0.137. The number of fused-ring (bicyclic) bond motifs is 1. The van der Waals surface area contributed by atoms with Crippen molar-refractivity contribution in [2.45, 2.75) is 63.1 Å². The van der Waals surface area contributed by atoms with Crippen molar-refractivity contribution < 1.29 is 23.1 Å². The number of imidazole rings is 1. The Morgan fingerprint density at radius 1 is 1.09 bits per heavy atom. The molecule has 1 saturated carbocycles. The second-order valence-corrected chi connectivity index (χ2v) is 9.04. The van der Waals surface area contributed by atoms with Crippen molar-refractivity contribution in [3.63, 3.8) is 0 Å². The number of H-pyrrole nitrogens is 1. The number of nitrogens with one attached hydrogen (secondary N) is 1. The van der Waals surface area contributed by atoms with Gasteiger partial charge in [-0.1, -0.05) is 29.8 Å². The van der Waals surface area contributed by atoms with Crippen LogP contribution in [0.1, 0.15) is 61.9 Å². The van der Waals surface area contributed by atoms with Crippen LogP contribution < -0.4 is 0 Å². The van der Waals surface area contributed by atoms with Crippen molar-refractivity contribution in [3.8, 4) is 11.1 Å². The third-order valence-corrected chi connectivity index (χ3v) is 6.69. The van der Waals surface area contributed by atoms with Gasteiger partial charge in [0.1, 0.15) is 11.3 Å². The van der Waals surface area contributed by atoms with Gasteiger partial charge >= 0.3 is 6.18 Å². The Morgan fingerprint density at radius 3 is 2.64 bits per heavy atom. The van der Waals surface area contributed by atoms with Gasteiger partial charge in [0.25, 0.3) is 0 Å². The Balaban J connectivity index is 1.56. The molecule has 2 aliphatic rings. The van der Waals surface area contributed by atoms with E-state index in [0.717, 1.165) is 43.0 Å². The summed E-state index contributed by atoms with van der Waals surface area (Å²) in [7, 11) is 0. The van der Waals surface area contributed by atoms with Gasteiger partial charge in [0, 0.05) is 13.0 Å². The highest BCUT2D eigenvalue weighted by Gasteiger charge is 2.41. The number of halogens is 3. The van der Waals surface area contributed by atoms with Crippen LogP contribution in [0.15, 0.2) is 41.6 Å². The number of hydrogen-bond donors (Lipinski definition) is 2. The lowest BCUT2D eigenvalue weighted by Gasteiger charge is -2.30. The molecule has 174 valence electrons. The Hall–Kier alpha value is -2.87. The summed E-state index contributed by atoms with van der Waals surface area (Å²) in [5.74, 6) is 0.596. The van der Waals surface area contributed by atoms with E-state index in [1.807, 2.05) is 0 Å². The van der Waals surface area contributed by atoms with E-state index in [2.05, 4.69) is 10.1 Å². The minimum atomic E-state index is -4.46. The zero-order valence-electron chi connectivity index (χ0n) is 18.2. The second kappa shape index (κ2) is 8.48. The number of rotatable bonds is 5. The first-order chi connectivity index (χ1) is 15.9. The molecule has 8 heteroatoms. The van der Waals surface area contributed by atoms with E-state index >= 15 is 0 Å². The topological polar surface area (TPSA) is 70.5 Å². The molecule has 2 heterocycles. The minimum absolute atomic E-state index is 0.00872. The Kier molecular flexibility index (Phi) is 5.64. The monoisotopic (exact) mass is 457 g/mol. The maximum absolute atomic E-state index is 13.7. The quantitative estimate of drug-likeness (QED) is 0.494. The normalized spacial score (nSPS) is 18.0. The van der Waals surface area contributed by atoms with E-state index in [1.165, 1.54) is 18.6 Å². The number of nitrogens with zero attached hydrogens (tertiary/aromatic N) is 2. The van der Waals surface area contributed by atoms with E-state index in [9.17, 15) is 18.3 Å². The van der Waals surface area contributed by atoms with Gasteiger partial charge < -0.3 is 14.9 Å². The molecule has 1 aromatic heterocycles. The number of aromatic amines is 1. The molecule has 33 heavy (non-hydrogen) atoms. The lowest BCUT2D eigenvalue weighted by Crippen LogP contribution is -2.31. The highest BCUT2D eigenvalue weighted by molar-refractivity contribution is 6.01. The number of oxime groups is 1. The minimum Gasteiger partial charge on any atom is -0.396 e. The molecule has 5 rings (SSSR count). The first-order valence-corrected chi connectivity index (χ1v) is 11.4. The third kappa shape index (κ3) is 4.24. The van der Waals surface area contributed by atoms with Crippen LogP contribution in [0.25, 0.3) is 22.2 Å². The van der Waals surface area contributed by atoms with Crippen molar-refractivity contribution in [1.82, 2.24) is 9.97 Å². The van der Waals surface area contributed by atoms with Crippen molar-refractivity contribution in [1.29, 1.82) is 0 Å². The number of aromatic nitrogens is 2. The van der Waals surface area contributed by atoms with Gasteiger partial charge in [-0.15, -0.1) is 0 Å². The number of benzene rings is 2. The first kappa shape index (κ1) is 21.9. The molecular formula is C25H26F3N3O2. The van der Waals surface area contributed by atoms with Gasteiger partial charge in [0.05, 0.1) is 16.6 Å². The molecule has 0 atom stereocenters. The van der Waals surface area contributed by atoms with E-state index in [-0.39, 0.29) is 17.8 Å². The molecule has 2 N–H and O–H groups in total. The summed E-state index contributed by atoms with van der Waals surface area (Å²) in [6.07, 6.45) is 2.62. The molecule has 0 amide bonds. The van der Waals surface area contributed by atoms with Crippen LogP contribution in [0, 0.1) is 0 Å². The van der Waals surface area contributed by atoms with E-state index in [0.29, 0.717) is 41.7 Å². The van der Waals surface area contributed by atoms with Crippen LogP contribution in [-0.2, 0) is 17.4 Å². The second-order valence-electron chi connectivity index (χ2n) is 9.04. The fourth-order valence-electron chi connectivity index (χ4n) is 5.04. The molecule has 2 aromatic carbocycles. The summed E-state index contributed by atoms with van der Waals surface area (Å²) in [6, 6.07) is 9.05. The van der Waals surface area contributed by atoms with Crippen LogP contribution in [0.3, 0.4) is 0 Å². The number of aliphatic hydroxyl groups excluding tert-OH is 1. The van der Waals surface area contributed by atoms with Crippen LogP contribution in [0.5, 0.6) is 0 Å². The van der Waals surface area contributed by atoms with Crippen LogP contribution >= 0.6 is 0 Å². The van der Waals surface area contributed by atoms with Gasteiger partial charge in [0.2, 0.25) is 0 Å². The molecule has 0 radical (unpaired) electrons. The zero-order valence-corrected chi connectivity index (χ0v) is 18.2. The summed E-state index contributed by atoms with van der Waals surface area (Å²) >= 11 is 0. The molecule has 3 aromatic rings. The zero-order chi connectivity index (χ0) is 23.1. The number of hydrogen-bond acceptors (Lipinski definition) is 4. The van der Waals surface area contributed by atoms with Gasteiger partial charge in [-0.05, 0) is 73.4 Å². The standard InChI is InChI=1S/C25H26F3N3O2/c26-25(27,28)19-9-3-2-8-18(19)17-13-16(7-6-12-32)22-20(14-17)29-23(30-22)21-15-24(33-31-21)10-4-1-5-11-24/h2-3,8-9,13-14,32H,1,4-7,10-12,15H2,(H,29,30). The third-order valence-electron chi connectivity index (χ3n) is 6.69. The van der Waals surface area contributed by atoms with Gasteiger partial charge in [-0.2, -0.15) is 13.2 Å². The van der Waals surface area contributed by atoms with E-state index < -0.39 is 11.7 Å². The largest absolute Gasteiger partial charge is 0.417 e. The summed E-state index contributed by atoms with van der Waals surface area (Å²) in [5.41, 5.74) is 2.55. The fraction of sp³-hybridized carbons (Fsp3) is 0.440. The molecule has 0 unspecified atom stereocenters. The van der Waals surface area contributed by atoms with E-state index in [1.54, 1.807) is 18.2 Å². The first-order valence-electron chi connectivity index (χ1n) is 11.4. The molecule has 1 aliphatic carbocycles. The summed E-state index contributed by atoms with van der Waals surface area (Å²) in [6.45, 7) is -0.00872. The molecule has 0 saturated heterocycles. The van der Waals surface area contributed by atoms with E-state index in [4.69, 9.17) is 9.82 Å². The van der Waals surface area contributed by atoms with Crippen molar-refractivity contribution in [2.75, 3.05) is 6.61 Å². The molecule has 1 fully saturated rings. The molecule has 5 nitrogen and oxygen atoms in total. The average Bonchev–Trinajstić information content (AvgIpc) is 3.42. The Bertz CT molecular complexity index is 1190. The average molecular weight is 457 g/mol. The van der Waals surface area contributed by atoms with Gasteiger partial charge in [-0.3, -0.25) is 0 Å². The fourth-order valence-corrected chi connectivity index (χ4v) is 5.04. The van der Waals surface area contributed by atoms with Crippen molar-refractivity contribution in [3.05, 3.63) is 53.3 Å². The number of aliphatic hydroxyl groups is 1. The summed E-state index contributed by atoms with van der Waals surface area (Å²) in [5, 5.41) is 13.7. The molecule has 0 bridgehead atoms. The predicted octanol–water partition coefficient (Wildman–Crippen LogP) is 6.00. The maximum Gasteiger partial charge on any atom is 0.417 e. The van der Waals surface area contributed by atoms with Gasteiger partial charge in [0.15, 0.2) is 5.82 Å². The predicted molar refractivity (Wildman–Crippen MR) is 120 cm³/mol. The highest BCUT2D eigenvalue weighted by Crippen LogP contribution is 2.41. The molecule has 1 aliphatic heterocycles. The van der Waals surface area contributed by atoms with Crippen molar-refractivity contribution in [2.24, 2.45) is 5.16 Å². The van der Waals surface area contributed by atoms with Crippen LogP contribution in [-0.4, -0.2) is 33.0 Å². The van der Waals surface area contributed by atoms with Gasteiger partial charge in [-0.25, -0.2) is 4.98 Å². The van der Waals surface area contributed by atoms with Crippen molar-refractivity contribution >= 4 is 16.7 Å². The lowest BCUT2D eigenvalue weighted by atomic mass is 9.81. The highest BCUT2D eigenvalue weighted by atomic mass is 19.4. The molecule has 1 spiro atoms. The van der Waals surface area contributed by atoms with Crippen LogP contribution in [0.2, 0.25) is 0 Å². The smallest absolute Gasteiger partial charge is 0.396 e. The summed E-state index contributed by atoms with van der Waals surface area (Å²) in [4.78, 5) is 13.9. The summed E-state index contributed by atoms with van der Waals surface area (Å²) < 4.78 is 41.0. The number of alkyl halides is 3. The SMILES string of the molecule is OCCCc1cc(-c2ccccc2C(F)(F)F)cc2[nH]c(C3=NOC4(CCCCC4)C3)nc12. The maximum atomic E-state index is 13.7. The number of aryl methyl sites for hydroxylation is 1. The molecular weight excluding hydrogens is 431 g/mol. The van der Waals surface area contributed by atoms with Crippen LogP contribution in [0.4, 0.5) is 13.2 Å². The Morgan fingerprint density at radius 2 is 1.88 bits per heavy atom.